The molecule has 0 aliphatic heterocycles. The molecule has 0 fully saturated rings. The fourth-order valence-corrected chi connectivity index (χ4v) is 1.71. The second kappa shape index (κ2) is 4.82. The maximum absolute atomic E-state index is 11.1. The first-order valence-corrected chi connectivity index (χ1v) is 5.37. The highest BCUT2D eigenvalue weighted by atomic mass is 16.3. The molecule has 17 heavy (non-hydrogen) atoms. The van der Waals surface area contributed by atoms with Crippen molar-refractivity contribution in [3.05, 3.63) is 36.1 Å². The lowest BCUT2D eigenvalue weighted by molar-refractivity contribution is -0.137. The fourth-order valence-electron chi connectivity index (χ4n) is 1.71. The molecule has 0 spiro atoms. The van der Waals surface area contributed by atoms with Crippen LogP contribution in [0, 0.1) is 0 Å². The number of fused-ring (bicyclic) bond motifs is 1. The average molecular weight is 231 g/mol. The van der Waals surface area contributed by atoms with E-state index in [9.17, 15) is 9.59 Å². The van der Waals surface area contributed by atoms with E-state index in [2.05, 4.69) is 0 Å². The first kappa shape index (κ1) is 11.4. The largest absolute Gasteiger partial charge is 0.464 e. The third-order valence-electron chi connectivity index (χ3n) is 2.75. The molecule has 88 valence electrons. The number of hydrogen-bond acceptors (Lipinski definition) is 3. The van der Waals surface area contributed by atoms with E-state index in [1.54, 1.807) is 13.3 Å². The van der Waals surface area contributed by atoms with Gasteiger partial charge in [0.1, 0.15) is 5.58 Å². The Kier molecular flexibility index (Phi) is 3.23. The van der Waals surface area contributed by atoms with Crippen LogP contribution in [0.25, 0.3) is 11.0 Å². The Labute approximate surface area is 98.8 Å². The molecule has 1 amide bonds. The molecule has 4 nitrogen and oxygen atoms in total. The fraction of sp³-hybridized carbons (Fsp3) is 0.231. The molecule has 1 aromatic carbocycles. The zero-order valence-corrected chi connectivity index (χ0v) is 9.55. The first-order valence-electron chi connectivity index (χ1n) is 5.37. The minimum atomic E-state index is -0.502. The van der Waals surface area contributed by atoms with Crippen LogP contribution in [0.15, 0.2) is 34.9 Å². The molecule has 0 unspecified atom stereocenters. The van der Waals surface area contributed by atoms with E-state index in [0.29, 0.717) is 19.3 Å². The average Bonchev–Trinajstić information content (AvgIpc) is 2.78. The summed E-state index contributed by atoms with van der Waals surface area (Å²) in [6, 6.07) is 7.74. The molecule has 0 aliphatic carbocycles. The van der Waals surface area contributed by atoms with E-state index in [1.165, 1.54) is 4.90 Å². The Morgan fingerprint density at radius 2 is 2.18 bits per heavy atom. The van der Waals surface area contributed by atoms with Gasteiger partial charge in [0.25, 0.3) is 5.91 Å². The minimum absolute atomic E-state index is 0.327. The molecule has 0 aliphatic rings. The van der Waals surface area contributed by atoms with Crippen LogP contribution >= 0.6 is 0 Å². The monoisotopic (exact) mass is 231 g/mol. The summed E-state index contributed by atoms with van der Waals surface area (Å²) < 4.78 is 5.40. The molecule has 0 N–H and O–H groups in total. The predicted molar refractivity (Wildman–Crippen MR) is 63.6 cm³/mol. The number of amides is 1. The van der Waals surface area contributed by atoms with Gasteiger partial charge < -0.3 is 9.32 Å². The van der Waals surface area contributed by atoms with Gasteiger partial charge in [0.2, 0.25) is 6.29 Å². The topological polar surface area (TPSA) is 50.5 Å². The molecular weight excluding hydrogens is 218 g/mol. The number of furan rings is 1. The summed E-state index contributed by atoms with van der Waals surface area (Å²) in [5.41, 5.74) is 1.89. The predicted octanol–water partition coefficient (Wildman–Crippen LogP) is 1.63. The molecule has 0 bridgehead atoms. The highest BCUT2D eigenvalue weighted by Crippen LogP contribution is 2.20. The zero-order chi connectivity index (χ0) is 12.3. The number of para-hydroxylation sites is 1. The molecule has 2 aromatic rings. The number of hydrogen-bond donors (Lipinski definition) is 0. The highest BCUT2D eigenvalue weighted by Gasteiger charge is 2.09. The zero-order valence-electron chi connectivity index (χ0n) is 9.55. The maximum atomic E-state index is 11.1. The molecule has 1 heterocycles. The minimum Gasteiger partial charge on any atom is -0.464 e. The van der Waals surface area contributed by atoms with E-state index in [4.69, 9.17) is 4.42 Å². The van der Waals surface area contributed by atoms with E-state index in [-0.39, 0.29) is 0 Å². The smallest absolute Gasteiger partial charge is 0.286 e. The van der Waals surface area contributed by atoms with Gasteiger partial charge in [0.15, 0.2) is 0 Å². The van der Waals surface area contributed by atoms with Crippen LogP contribution in [0.5, 0.6) is 0 Å². The van der Waals surface area contributed by atoms with Crippen molar-refractivity contribution in [1.29, 1.82) is 0 Å². The van der Waals surface area contributed by atoms with Crippen molar-refractivity contribution in [3.63, 3.8) is 0 Å². The third-order valence-corrected chi connectivity index (χ3v) is 2.75. The van der Waals surface area contributed by atoms with Crippen LogP contribution in [0.3, 0.4) is 0 Å². The van der Waals surface area contributed by atoms with Crippen LogP contribution in [0.1, 0.15) is 5.56 Å². The lowest BCUT2D eigenvalue weighted by Gasteiger charge is -2.12. The maximum Gasteiger partial charge on any atom is 0.286 e. The number of carbonyl (C=O) groups is 2. The van der Waals surface area contributed by atoms with E-state index in [0.717, 1.165) is 16.5 Å². The molecule has 0 radical (unpaired) electrons. The summed E-state index contributed by atoms with van der Waals surface area (Å²) in [5, 5.41) is 1.06. The van der Waals surface area contributed by atoms with Crippen molar-refractivity contribution >= 4 is 23.2 Å². The highest BCUT2D eigenvalue weighted by molar-refractivity contribution is 6.23. The third kappa shape index (κ3) is 2.36. The Morgan fingerprint density at radius 1 is 1.41 bits per heavy atom. The van der Waals surface area contributed by atoms with Gasteiger partial charge in [-0.05, 0) is 18.1 Å². The van der Waals surface area contributed by atoms with Crippen LogP contribution in [-0.4, -0.2) is 30.7 Å². The van der Waals surface area contributed by atoms with Gasteiger partial charge in [-0.3, -0.25) is 9.59 Å². The Balaban J connectivity index is 2.09. The molecule has 2 rings (SSSR count). The van der Waals surface area contributed by atoms with E-state index >= 15 is 0 Å². The van der Waals surface area contributed by atoms with Crippen molar-refractivity contribution in [3.8, 4) is 0 Å². The lowest BCUT2D eigenvalue weighted by atomic mass is 10.1. The van der Waals surface area contributed by atoms with Crippen molar-refractivity contribution in [2.24, 2.45) is 0 Å². The molecule has 0 saturated carbocycles. The summed E-state index contributed by atoms with van der Waals surface area (Å²) in [6.45, 7) is 0.501. The van der Waals surface area contributed by atoms with Crippen molar-refractivity contribution in [2.75, 3.05) is 13.6 Å². The normalized spacial score (nSPS) is 10.4. The second-order valence-electron chi connectivity index (χ2n) is 3.88. The standard InChI is InChI=1S/C13H13NO3/c1-14(13(16)8-15)7-6-10-9-17-12-5-3-2-4-11(10)12/h2-5,8-9H,6-7H2,1H3. The van der Waals surface area contributed by atoms with Crippen LogP contribution in [-0.2, 0) is 16.0 Å². The number of carbonyl (C=O) groups excluding carboxylic acids is 2. The van der Waals surface area contributed by atoms with Crippen molar-refractivity contribution in [1.82, 2.24) is 4.90 Å². The Morgan fingerprint density at radius 3 is 2.94 bits per heavy atom. The summed E-state index contributed by atoms with van der Waals surface area (Å²) in [7, 11) is 1.61. The Bertz CT molecular complexity index is 544. The number of likely N-dealkylation sites (N-methyl/N-ethyl adjacent to an activating group) is 1. The number of benzene rings is 1. The molecule has 4 heteroatoms. The van der Waals surface area contributed by atoms with Gasteiger partial charge in [-0.15, -0.1) is 0 Å². The Hall–Kier alpha value is -2.10. The SMILES string of the molecule is CN(CCc1coc2ccccc12)C(=O)C=O. The van der Waals surface area contributed by atoms with Gasteiger partial charge >= 0.3 is 0 Å². The van der Waals surface area contributed by atoms with E-state index in [1.807, 2.05) is 24.3 Å². The lowest BCUT2D eigenvalue weighted by Crippen LogP contribution is -2.29. The molecular formula is C13H13NO3. The van der Waals surface area contributed by atoms with Gasteiger partial charge in [-0.25, -0.2) is 0 Å². The van der Waals surface area contributed by atoms with Gasteiger partial charge in [0, 0.05) is 19.0 Å². The summed E-state index contributed by atoms with van der Waals surface area (Å²) in [4.78, 5) is 22.8. The second-order valence-corrected chi connectivity index (χ2v) is 3.88. The van der Waals surface area contributed by atoms with Gasteiger partial charge in [0.05, 0.1) is 6.26 Å². The summed E-state index contributed by atoms with van der Waals surface area (Å²) in [6.07, 6.45) is 2.70. The molecule has 1 aromatic heterocycles. The number of rotatable bonds is 4. The van der Waals surface area contributed by atoms with Crippen LogP contribution in [0.2, 0.25) is 0 Å². The summed E-state index contributed by atoms with van der Waals surface area (Å²) in [5.74, 6) is -0.502. The molecule has 0 saturated heterocycles. The number of nitrogens with zero attached hydrogens (tertiary/aromatic N) is 1. The van der Waals surface area contributed by atoms with Gasteiger partial charge in [-0.2, -0.15) is 0 Å². The van der Waals surface area contributed by atoms with Crippen LogP contribution in [0.4, 0.5) is 0 Å². The van der Waals surface area contributed by atoms with Crippen LogP contribution < -0.4 is 0 Å². The quantitative estimate of drug-likeness (QED) is 0.593. The summed E-state index contributed by atoms with van der Waals surface area (Å²) >= 11 is 0. The van der Waals surface area contributed by atoms with Crippen molar-refractivity contribution in [2.45, 2.75) is 6.42 Å². The van der Waals surface area contributed by atoms with E-state index < -0.39 is 5.91 Å². The van der Waals surface area contributed by atoms with Gasteiger partial charge in [-0.1, -0.05) is 18.2 Å². The molecule has 0 atom stereocenters. The first-order chi connectivity index (χ1) is 8.22. The van der Waals surface area contributed by atoms with Crippen molar-refractivity contribution < 1.29 is 14.0 Å². The number of aldehydes is 1.